The molecule has 1 aliphatic heterocycles. The minimum absolute atomic E-state index is 0.0252. The quantitative estimate of drug-likeness (QED) is 0.823. The van der Waals surface area contributed by atoms with Gasteiger partial charge in [0.15, 0.2) is 0 Å². The molecular weight excluding hydrogens is 320 g/mol. The lowest BCUT2D eigenvalue weighted by molar-refractivity contribution is -0.122. The molecule has 0 saturated heterocycles. The number of amides is 2. The Balaban J connectivity index is 1.46. The van der Waals surface area contributed by atoms with Crippen molar-refractivity contribution in [1.82, 2.24) is 10.6 Å². The first kappa shape index (κ1) is 16.6. The third kappa shape index (κ3) is 3.79. The summed E-state index contributed by atoms with van der Waals surface area (Å²) in [6, 6.07) is 15.5. The van der Waals surface area contributed by atoms with Crippen LogP contribution in [-0.4, -0.2) is 30.7 Å². The highest BCUT2D eigenvalue weighted by Gasteiger charge is 2.28. The number of carbonyl (C=O) groups is 2. The van der Waals surface area contributed by atoms with Crippen LogP contribution in [0.25, 0.3) is 0 Å². The molecule has 3 rings (SSSR count). The lowest BCUT2D eigenvalue weighted by Gasteiger charge is -2.12. The van der Waals surface area contributed by atoms with E-state index < -0.39 is 0 Å². The van der Waals surface area contributed by atoms with Crippen molar-refractivity contribution in [3.05, 3.63) is 65.2 Å². The summed E-state index contributed by atoms with van der Waals surface area (Å²) in [5.41, 5.74) is 2.79. The number of nitrogens with one attached hydrogen (secondary N) is 2. The number of hydrogen-bond donors (Lipinski definition) is 2. The summed E-state index contributed by atoms with van der Waals surface area (Å²) in [6.07, 6.45) is 0. The van der Waals surface area contributed by atoms with Crippen LogP contribution in [0.15, 0.2) is 53.4 Å². The molecule has 0 fully saturated rings. The van der Waals surface area contributed by atoms with E-state index in [2.05, 4.69) is 16.7 Å². The molecule has 0 aromatic heterocycles. The number of benzene rings is 2. The van der Waals surface area contributed by atoms with Crippen molar-refractivity contribution in [2.45, 2.75) is 17.7 Å². The molecule has 2 aromatic carbocycles. The van der Waals surface area contributed by atoms with Gasteiger partial charge in [-0.3, -0.25) is 9.59 Å². The first-order valence-corrected chi connectivity index (χ1v) is 8.98. The molecule has 124 valence electrons. The second kappa shape index (κ2) is 7.53. The van der Waals surface area contributed by atoms with Crippen molar-refractivity contribution in [3.63, 3.8) is 0 Å². The van der Waals surface area contributed by atoms with E-state index in [9.17, 15) is 9.59 Å². The molecule has 0 saturated carbocycles. The van der Waals surface area contributed by atoms with Gasteiger partial charge in [-0.1, -0.05) is 35.9 Å². The van der Waals surface area contributed by atoms with E-state index in [0.29, 0.717) is 18.7 Å². The van der Waals surface area contributed by atoms with Crippen LogP contribution in [0.1, 0.15) is 27.4 Å². The third-order valence-electron chi connectivity index (χ3n) is 4.01. The molecular formula is C19H20N2O2S. The summed E-state index contributed by atoms with van der Waals surface area (Å²) in [5.74, 6) is 0.589. The highest BCUT2D eigenvalue weighted by Crippen LogP contribution is 2.39. The minimum Gasteiger partial charge on any atom is -0.354 e. The topological polar surface area (TPSA) is 58.2 Å². The lowest BCUT2D eigenvalue weighted by Crippen LogP contribution is -2.37. The fraction of sp³-hybridized carbons (Fsp3) is 0.263. The molecule has 4 nitrogen and oxygen atoms in total. The van der Waals surface area contributed by atoms with Crippen LogP contribution in [0, 0.1) is 6.92 Å². The van der Waals surface area contributed by atoms with Crippen LogP contribution in [-0.2, 0) is 4.79 Å². The molecule has 0 aliphatic carbocycles. The second-order valence-electron chi connectivity index (χ2n) is 5.82. The first-order valence-electron chi connectivity index (χ1n) is 7.99. The van der Waals surface area contributed by atoms with E-state index >= 15 is 0 Å². The number of carbonyl (C=O) groups excluding carboxylic acids is 2. The molecule has 2 aromatic rings. The van der Waals surface area contributed by atoms with Crippen LogP contribution in [0.3, 0.4) is 0 Å². The molecule has 0 radical (unpaired) electrons. The van der Waals surface area contributed by atoms with Gasteiger partial charge in [-0.25, -0.2) is 0 Å². The Morgan fingerprint density at radius 2 is 1.88 bits per heavy atom. The molecule has 0 unspecified atom stereocenters. The second-order valence-corrected chi connectivity index (χ2v) is 6.88. The van der Waals surface area contributed by atoms with Gasteiger partial charge >= 0.3 is 0 Å². The van der Waals surface area contributed by atoms with Gasteiger partial charge < -0.3 is 10.6 Å². The lowest BCUT2D eigenvalue weighted by atomic mass is 10.0. The van der Waals surface area contributed by atoms with E-state index in [1.54, 1.807) is 17.8 Å². The van der Waals surface area contributed by atoms with Crippen LogP contribution in [0.5, 0.6) is 0 Å². The largest absolute Gasteiger partial charge is 0.354 e. The molecule has 2 N–H and O–H groups in total. The van der Waals surface area contributed by atoms with Crippen LogP contribution in [0.2, 0.25) is 0 Å². The summed E-state index contributed by atoms with van der Waals surface area (Å²) in [7, 11) is 0. The van der Waals surface area contributed by atoms with Crippen molar-refractivity contribution in [3.8, 4) is 0 Å². The van der Waals surface area contributed by atoms with E-state index in [4.69, 9.17) is 0 Å². The van der Waals surface area contributed by atoms with Gasteiger partial charge in [0.2, 0.25) is 5.91 Å². The highest BCUT2D eigenvalue weighted by atomic mass is 32.2. The Morgan fingerprint density at radius 3 is 2.71 bits per heavy atom. The van der Waals surface area contributed by atoms with Crippen molar-refractivity contribution in [2.24, 2.45) is 0 Å². The summed E-state index contributed by atoms with van der Waals surface area (Å²) in [6.45, 7) is 2.80. The van der Waals surface area contributed by atoms with Gasteiger partial charge in [0.05, 0.1) is 5.92 Å². The van der Waals surface area contributed by atoms with Crippen LogP contribution >= 0.6 is 11.8 Å². The monoisotopic (exact) mass is 340 g/mol. The molecule has 5 heteroatoms. The fourth-order valence-electron chi connectivity index (χ4n) is 2.75. The standard InChI is InChI=1S/C19H20N2O2S/c1-13-5-4-6-14(11-13)18(22)20-9-10-21-19(23)16-12-24-17-8-3-2-7-15(16)17/h2-8,11,16H,9-10,12H2,1H3,(H,20,22)(H,21,23)/t16-/m0/s1. The fourth-order valence-corrected chi connectivity index (χ4v) is 3.98. The Kier molecular flexibility index (Phi) is 5.20. The average molecular weight is 340 g/mol. The SMILES string of the molecule is Cc1cccc(C(=O)NCCNC(=O)[C@H]2CSc3ccccc32)c1. The molecule has 1 heterocycles. The molecule has 2 amide bonds. The van der Waals surface area contributed by atoms with Gasteiger partial charge in [0, 0.05) is 29.3 Å². The Bertz CT molecular complexity index is 761. The van der Waals surface area contributed by atoms with E-state index in [1.165, 1.54) is 4.90 Å². The summed E-state index contributed by atoms with van der Waals surface area (Å²) in [5, 5.41) is 5.75. The number of thioether (sulfide) groups is 1. The maximum atomic E-state index is 12.3. The minimum atomic E-state index is -0.116. The Morgan fingerprint density at radius 1 is 1.08 bits per heavy atom. The number of rotatable bonds is 5. The zero-order valence-corrected chi connectivity index (χ0v) is 14.4. The smallest absolute Gasteiger partial charge is 0.251 e. The summed E-state index contributed by atoms with van der Waals surface area (Å²) < 4.78 is 0. The van der Waals surface area contributed by atoms with Crippen molar-refractivity contribution < 1.29 is 9.59 Å². The van der Waals surface area contributed by atoms with Crippen LogP contribution in [0.4, 0.5) is 0 Å². The van der Waals surface area contributed by atoms with Crippen molar-refractivity contribution >= 4 is 23.6 Å². The molecule has 0 spiro atoms. The van der Waals surface area contributed by atoms with Gasteiger partial charge in [-0.05, 0) is 30.7 Å². The van der Waals surface area contributed by atoms with Crippen molar-refractivity contribution in [1.29, 1.82) is 0 Å². The number of fused-ring (bicyclic) bond motifs is 1. The normalized spacial score (nSPS) is 15.6. The molecule has 24 heavy (non-hydrogen) atoms. The van der Waals surface area contributed by atoms with E-state index in [0.717, 1.165) is 16.9 Å². The molecule has 1 aliphatic rings. The number of aryl methyl sites for hydroxylation is 1. The van der Waals surface area contributed by atoms with Gasteiger partial charge in [0.25, 0.3) is 5.91 Å². The zero-order valence-electron chi connectivity index (χ0n) is 13.5. The van der Waals surface area contributed by atoms with Gasteiger partial charge in [-0.15, -0.1) is 11.8 Å². The van der Waals surface area contributed by atoms with Gasteiger partial charge in [-0.2, -0.15) is 0 Å². The first-order chi connectivity index (χ1) is 11.6. The van der Waals surface area contributed by atoms with Crippen molar-refractivity contribution in [2.75, 3.05) is 18.8 Å². The van der Waals surface area contributed by atoms with E-state index in [-0.39, 0.29) is 17.7 Å². The molecule has 1 atom stereocenters. The predicted octanol–water partition coefficient (Wildman–Crippen LogP) is 2.73. The van der Waals surface area contributed by atoms with E-state index in [1.807, 2.05) is 43.3 Å². The predicted molar refractivity (Wildman–Crippen MR) is 96.4 cm³/mol. The molecule has 0 bridgehead atoms. The maximum Gasteiger partial charge on any atom is 0.251 e. The van der Waals surface area contributed by atoms with Crippen LogP contribution < -0.4 is 10.6 Å². The Labute approximate surface area is 146 Å². The summed E-state index contributed by atoms with van der Waals surface area (Å²) >= 11 is 1.72. The highest BCUT2D eigenvalue weighted by molar-refractivity contribution is 7.99. The Hall–Kier alpha value is -2.27. The van der Waals surface area contributed by atoms with Gasteiger partial charge in [0.1, 0.15) is 0 Å². The summed E-state index contributed by atoms with van der Waals surface area (Å²) in [4.78, 5) is 25.6. The number of hydrogen-bond acceptors (Lipinski definition) is 3. The zero-order chi connectivity index (χ0) is 16.9. The maximum absolute atomic E-state index is 12.3. The average Bonchev–Trinajstić information content (AvgIpc) is 3.02. The third-order valence-corrected chi connectivity index (χ3v) is 5.19.